The Morgan fingerprint density at radius 2 is 2.08 bits per heavy atom. The van der Waals surface area contributed by atoms with Gasteiger partial charge in [-0.25, -0.2) is 0 Å². The van der Waals surface area contributed by atoms with Crippen LogP contribution in [0, 0.1) is 13.8 Å². The minimum absolute atomic E-state index is 0.676. The van der Waals surface area contributed by atoms with Crippen molar-refractivity contribution in [3.63, 3.8) is 0 Å². The molecule has 2 aromatic rings. The van der Waals surface area contributed by atoms with E-state index < -0.39 is 0 Å². The summed E-state index contributed by atoms with van der Waals surface area (Å²) in [4.78, 5) is 0. The molecule has 0 saturated heterocycles. The van der Waals surface area contributed by atoms with Crippen LogP contribution in [0.15, 0.2) is 12.3 Å². The average molecular weight is 162 g/mol. The Morgan fingerprint density at radius 3 is 2.83 bits per heavy atom. The number of rotatable bonds is 0. The van der Waals surface area contributed by atoms with Gasteiger partial charge in [0.2, 0.25) is 0 Å². The molecule has 0 fully saturated rings. The molecule has 4 nitrogen and oxygen atoms in total. The standard InChI is InChI=1S/C8H10N4/c1-5-3-7(9)8-11-10-6(2)12(8)4-5/h3-4H,9H2,1-2H3. The maximum absolute atomic E-state index is 5.75. The topological polar surface area (TPSA) is 56.2 Å². The molecule has 62 valence electrons. The Bertz CT molecular complexity index is 430. The molecule has 0 spiro atoms. The number of nitrogens with zero attached hydrogens (tertiary/aromatic N) is 3. The highest BCUT2D eigenvalue weighted by Crippen LogP contribution is 2.13. The van der Waals surface area contributed by atoms with E-state index in [1.165, 1.54) is 0 Å². The lowest BCUT2D eigenvalue weighted by molar-refractivity contribution is 1.00. The fourth-order valence-electron chi connectivity index (χ4n) is 1.27. The van der Waals surface area contributed by atoms with Gasteiger partial charge in [0, 0.05) is 6.20 Å². The number of nitrogens with two attached hydrogens (primary N) is 1. The molecule has 0 aliphatic carbocycles. The molecule has 0 aromatic carbocycles. The van der Waals surface area contributed by atoms with E-state index >= 15 is 0 Å². The molecular formula is C8H10N4. The van der Waals surface area contributed by atoms with Crippen LogP contribution in [0.25, 0.3) is 5.65 Å². The van der Waals surface area contributed by atoms with Gasteiger partial charge in [-0.05, 0) is 25.5 Å². The summed E-state index contributed by atoms with van der Waals surface area (Å²) in [7, 11) is 0. The average Bonchev–Trinajstić information content (AvgIpc) is 2.33. The molecule has 0 aliphatic rings. The molecule has 0 atom stereocenters. The zero-order valence-electron chi connectivity index (χ0n) is 7.07. The van der Waals surface area contributed by atoms with E-state index in [4.69, 9.17) is 5.73 Å². The highest BCUT2D eigenvalue weighted by molar-refractivity contribution is 5.64. The van der Waals surface area contributed by atoms with E-state index in [-0.39, 0.29) is 0 Å². The van der Waals surface area contributed by atoms with Crippen LogP contribution in [-0.2, 0) is 0 Å². The highest BCUT2D eigenvalue weighted by atomic mass is 15.2. The van der Waals surface area contributed by atoms with Gasteiger partial charge in [-0.15, -0.1) is 10.2 Å². The SMILES string of the molecule is Cc1cc(N)c2nnc(C)n2c1. The summed E-state index contributed by atoms with van der Waals surface area (Å²) in [5.41, 5.74) is 8.27. The largest absolute Gasteiger partial charge is 0.396 e. The maximum atomic E-state index is 5.75. The molecular weight excluding hydrogens is 152 g/mol. The summed E-state index contributed by atoms with van der Waals surface area (Å²) in [6.07, 6.45) is 1.97. The summed E-state index contributed by atoms with van der Waals surface area (Å²) < 4.78 is 1.89. The van der Waals surface area contributed by atoms with Gasteiger partial charge in [0.1, 0.15) is 5.82 Å². The van der Waals surface area contributed by atoms with E-state index in [1.54, 1.807) is 0 Å². The van der Waals surface area contributed by atoms with Crippen molar-refractivity contribution in [1.29, 1.82) is 0 Å². The van der Waals surface area contributed by atoms with Gasteiger partial charge in [-0.1, -0.05) is 0 Å². The molecule has 2 aromatic heterocycles. The van der Waals surface area contributed by atoms with E-state index in [2.05, 4.69) is 10.2 Å². The normalized spacial score (nSPS) is 10.8. The first-order chi connectivity index (χ1) is 5.68. The lowest BCUT2D eigenvalue weighted by atomic mass is 10.3. The Balaban J connectivity index is 2.92. The second-order valence-electron chi connectivity index (χ2n) is 2.91. The molecule has 0 radical (unpaired) electrons. The van der Waals surface area contributed by atoms with Gasteiger partial charge >= 0.3 is 0 Å². The number of fused-ring (bicyclic) bond motifs is 1. The number of hydrogen-bond acceptors (Lipinski definition) is 3. The first kappa shape index (κ1) is 7.09. The van der Waals surface area contributed by atoms with Gasteiger partial charge in [-0.3, -0.25) is 4.40 Å². The molecule has 2 heterocycles. The van der Waals surface area contributed by atoms with Crippen molar-refractivity contribution in [2.45, 2.75) is 13.8 Å². The summed E-state index contributed by atoms with van der Waals surface area (Å²) in [6, 6.07) is 1.89. The molecule has 2 rings (SSSR count). The number of aromatic nitrogens is 3. The number of nitrogen functional groups attached to an aromatic ring is 1. The van der Waals surface area contributed by atoms with E-state index in [9.17, 15) is 0 Å². The van der Waals surface area contributed by atoms with Crippen LogP contribution >= 0.6 is 0 Å². The van der Waals surface area contributed by atoms with Crippen molar-refractivity contribution in [2.24, 2.45) is 0 Å². The van der Waals surface area contributed by atoms with Gasteiger partial charge < -0.3 is 5.73 Å². The van der Waals surface area contributed by atoms with Crippen molar-refractivity contribution < 1.29 is 0 Å². The van der Waals surface area contributed by atoms with E-state index in [0.29, 0.717) is 5.69 Å². The predicted molar refractivity (Wildman–Crippen MR) is 46.9 cm³/mol. The number of hydrogen-bond donors (Lipinski definition) is 1. The van der Waals surface area contributed by atoms with Crippen LogP contribution in [0.5, 0.6) is 0 Å². The molecule has 0 bridgehead atoms. The minimum Gasteiger partial charge on any atom is -0.396 e. The Morgan fingerprint density at radius 1 is 1.33 bits per heavy atom. The van der Waals surface area contributed by atoms with Gasteiger partial charge in [0.25, 0.3) is 0 Å². The lowest BCUT2D eigenvalue weighted by Gasteiger charge is -1.99. The number of anilines is 1. The highest BCUT2D eigenvalue weighted by Gasteiger charge is 2.03. The van der Waals surface area contributed by atoms with Gasteiger partial charge in [-0.2, -0.15) is 0 Å². The molecule has 0 unspecified atom stereocenters. The predicted octanol–water partition coefficient (Wildman–Crippen LogP) is 0.928. The minimum atomic E-state index is 0.676. The van der Waals surface area contributed by atoms with Crippen molar-refractivity contribution in [3.8, 4) is 0 Å². The third kappa shape index (κ3) is 0.845. The van der Waals surface area contributed by atoms with Crippen molar-refractivity contribution >= 4 is 11.3 Å². The fraction of sp³-hybridized carbons (Fsp3) is 0.250. The second-order valence-corrected chi connectivity index (χ2v) is 2.91. The van der Waals surface area contributed by atoms with Crippen LogP contribution < -0.4 is 5.73 Å². The number of aryl methyl sites for hydroxylation is 2. The third-order valence-corrected chi connectivity index (χ3v) is 1.84. The fourth-order valence-corrected chi connectivity index (χ4v) is 1.27. The van der Waals surface area contributed by atoms with Crippen molar-refractivity contribution in [1.82, 2.24) is 14.6 Å². The molecule has 0 aliphatic heterocycles. The summed E-state index contributed by atoms with van der Waals surface area (Å²) >= 11 is 0. The van der Waals surface area contributed by atoms with Gasteiger partial charge in [0.05, 0.1) is 5.69 Å². The lowest BCUT2D eigenvalue weighted by Crippen LogP contribution is -1.95. The first-order valence-corrected chi connectivity index (χ1v) is 3.76. The Labute approximate surface area is 70.0 Å². The quantitative estimate of drug-likeness (QED) is 0.627. The summed E-state index contributed by atoms with van der Waals surface area (Å²) in [5, 5.41) is 7.88. The molecule has 4 heteroatoms. The maximum Gasteiger partial charge on any atom is 0.183 e. The monoisotopic (exact) mass is 162 g/mol. The zero-order valence-corrected chi connectivity index (χ0v) is 7.07. The number of pyridine rings is 1. The molecule has 0 amide bonds. The van der Waals surface area contributed by atoms with Crippen LogP contribution in [0.1, 0.15) is 11.4 Å². The van der Waals surface area contributed by atoms with Crippen LogP contribution in [0.3, 0.4) is 0 Å². The zero-order chi connectivity index (χ0) is 8.72. The summed E-state index contributed by atoms with van der Waals surface area (Å²) in [5.74, 6) is 0.861. The van der Waals surface area contributed by atoms with Crippen LogP contribution in [-0.4, -0.2) is 14.6 Å². The third-order valence-electron chi connectivity index (χ3n) is 1.84. The molecule has 12 heavy (non-hydrogen) atoms. The Kier molecular flexibility index (Phi) is 1.30. The smallest absolute Gasteiger partial charge is 0.183 e. The van der Waals surface area contributed by atoms with Gasteiger partial charge in [0.15, 0.2) is 5.65 Å². The first-order valence-electron chi connectivity index (χ1n) is 3.76. The second kappa shape index (κ2) is 2.20. The molecule has 2 N–H and O–H groups in total. The van der Waals surface area contributed by atoms with E-state index in [0.717, 1.165) is 17.0 Å². The van der Waals surface area contributed by atoms with Crippen LogP contribution in [0.4, 0.5) is 5.69 Å². The van der Waals surface area contributed by atoms with Crippen molar-refractivity contribution in [2.75, 3.05) is 5.73 Å². The van der Waals surface area contributed by atoms with E-state index in [1.807, 2.05) is 30.5 Å². The Hall–Kier alpha value is -1.58. The van der Waals surface area contributed by atoms with Crippen molar-refractivity contribution in [3.05, 3.63) is 23.7 Å². The molecule has 0 saturated carbocycles. The summed E-state index contributed by atoms with van der Waals surface area (Å²) in [6.45, 7) is 3.90. The van der Waals surface area contributed by atoms with Crippen LogP contribution in [0.2, 0.25) is 0 Å².